The maximum absolute atomic E-state index is 11.2. The van der Waals surface area contributed by atoms with Crippen molar-refractivity contribution in [3.8, 4) is 5.75 Å². The van der Waals surface area contributed by atoms with Crippen molar-refractivity contribution < 1.29 is 14.7 Å². The molecule has 3 amide bonds. The third-order valence-electron chi connectivity index (χ3n) is 1.91. The average molecular weight is 254 g/mol. The van der Waals surface area contributed by atoms with Crippen molar-refractivity contribution >= 4 is 23.7 Å². The van der Waals surface area contributed by atoms with Crippen molar-refractivity contribution in [2.45, 2.75) is 11.3 Å². The summed E-state index contributed by atoms with van der Waals surface area (Å²) in [6.45, 7) is 0. The van der Waals surface area contributed by atoms with E-state index in [2.05, 4.69) is 10.6 Å². The van der Waals surface area contributed by atoms with Gasteiger partial charge in [0.1, 0.15) is 5.75 Å². The molecule has 0 atom stereocenters. The van der Waals surface area contributed by atoms with Gasteiger partial charge in [0.15, 0.2) is 0 Å². The van der Waals surface area contributed by atoms with E-state index in [4.69, 9.17) is 5.11 Å². The molecule has 1 aromatic rings. The number of imide groups is 1. The number of hydrogen-bond donors (Lipinski definition) is 3. The minimum Gasteiger partial charge on any atom is -0.508 e. The van der Waals surface area contributed by atoms with Crippen molar-refractivity contribution in [3.05, 3.63) is 24.3 Å². The van der Waals surface area contributed by atoms with E-state index in [-0.39, 0.29) is 18.1 Å². The zero-order valence-corrected chi connectivity index (χ0v) is 10.2. The first-order valence-corrected chi connectivity index (χ1v) is 6.04. The lowest BCUT2D eigenvalue weighted by Gasteiger charge is -2.03. The highest BCUT2D eigenvalue weighted by Gasteiger charge is 2.05. The van der Waals surface area contributed by atoms with Gasteiger partial charge in [-0.15, -0.1) is 11.8 Å². The third kappa shape index (κ3) is 5.26. The van der Waals surface area contributed by atoms with Gasteiger partial charge >= 0.3 is 6.03 Å². The monoisotopic (exact) mass is 254 g/mol. The summed E-state index contributed by atoms with van der Waals surface area (Å²) in [4.78, 5) is 23.0. The molecular weight excluding hydrogens is 240 g/mol. The Morgan fingerprint density at radius 2 is 1.94 bits per heavy atom. The number of amides is 3. The zero-order chi connectivity index (χ0) is 12.7. The summed E-state index contributed by atoms with van der Waals surface area (Å²) in [6, 6.07) is 6.23. The van der Waals surface area contributed by atoms with Crippen LogP contribution in [-0.2, 0) is 4.79 Å². The number of carbonyl (C=O) groups excluding carboxylic acids is 2. The van der Waals surface area contributed by atoms with Crippen LogP contribution in [0, 0.1) is 0 Å². The van der Waals surface area contributed by atoms with Crippen LogP contribution in [0.3, 0.4) is 0 Å². The van der Waals surface area contributed by atoms with Gasteiger partial charge in [-0.1, -0.05) is 0 Å². The molecule has 0 unspecified atom stereocenters. The summed E-state index contributed by atoms with van der Waals surface area (Å²) >= 11 is 1.49. The molecule has 0 aromatic heterocycles. The summed E-state index contributed by atoms with van der Waals surface area (Å²) in [5, 5.41) is 13.6. The van der Waals surface area contributed by atoms with Gasteiger partial charge in [-0.25, -0.2) is 4.79 Å². The summed E-state index contributed by atoms with van der Waals surface area (Å²) in [5.41, 5.74) is 0. The van der Waals surface area contributed by atoms with Crippen LogP contribution in [0.5, 0.6) is 5.75 Å². The smallest absolute Gasteiger partial charge is 0.321 e. The molecule has 0 spiro atoms. The van der Waals surface area contributed by atoms with Gasteiger partial charge in [0, 0.05) is 24.1 Å². The second kappa shape index (κ2) is 6.80. The molecule has 0 saturated heterocycles. The molecule has 1 rings (SSSR count). The Morgan fingerprint density at radius 1 is 1.29 bits per heavy atom. The quantitative estimate of drug-likeness (QED) is 0.708. The Kier molecular flexibility index (Phi) is 5.35. The fourth-order valence-corrected chi connectivity index (χ4v) is 1.91. The average Bonchev–Trinajstić information content (AvgIpc) is 2.31. The minimum absolute atomic E-state index is 0.215. The SMILES string of the molecule is CNC(=O)NC(=O)CCSc1ccc(O)cc1. The van der Waals surface area contributed by atoms with Crippen LogP contribution in [0.1, 0.15) is 6.42 Å². The number of phenols is 1. The molecule has 0 saturated carbocycles. The fourth-order valence-electron chi connectivity index (χ4n) is 1.06. The van der Waals surface area contributed by atoms with Crippen LogP contribution in [0.4, 0.5) is 4.79 Å². The number of hydrogen-bond acceptors (Lipinski definition) is 4. The van der Waals surface area contributed by atoms with Crippen molar-refractivity contribution in [2.24, 2.45) is 0 Å². The first-order valence-electron chi connectivity index (χ1n) is 5.05. The van der Waals surface area contributed by atoms with Gasteiger partial charge in [-0.05, 0) is 24.3 Å². The molecular formula is C11H14N2O3S. The standard InChI is InChI=1S/C11H14N2O3S/c1-12-11(16)13-10(15)6-7-17-9-4-2-8(14)3-5-9/h2-5,14H,6-7H2,1H3,(H2,12,13,15,16). The topological polar surface area (TPSA) is 78.4 Å². The summed E-state index contributed by atoms with van der Waals surface area (Å²) in [7, 11) is 1.45. The molecule has 6 heteroatoms. The van der Waals surface area contributed by atoms with Crippen LogP contribution in [-0.4, -0.2) is 29.8 Å². The minimum atomic E-state index is -0.496. The number of aromatic hydroxyl groups is 1. The van der Waals surface area contributed by atoms with Gasteiger partial charge in [0.2, 0.25) is 5.91 Å². The molecule has 0 aliphatic heterocycles. The summed E-state index contributed by atoms with van der Waals surface area (Å²) < 4.78 is 0. The second-order valence-corrected chi connectivity index (χ2v) is 4.39. The van der Waals surface area contributed by atoms with E-state index < -0.39 is 6.03 Å². The summed E-state index contributed by atoms with van der Waals surface area (Å²) in [5.74, 6) is 0.482. The number of benzene rings is 1. The zero-order valence-electron chi connectivity index (χ0n) is 9.40. The molecule has 5 nitrogen and oxygen atoms in total. The van der Waals surface area contributed by atoms with Crippen LogP contribution in [0.25, 0.3) is 0 Å². The van der Waals surface area contributed by atoms with Crippen molar-refractivity contribution in [1.29, 1.82) is 0 Å². The Morgan fingerprint density at radius 3 is 2.53 bits per heavy atom. The highest BCUT2D eigenvalue weighted by atomic mass is 32.2. The summed E-state index contributed by atoms with van der Waals surface area (Å²) in [6.07, 6.45) is 0.263. The van der Waals surface area contributed by atoms with Gasteiger partial charge in [0.25, 0.3) is 0 Å². The van der Waals surface area contributed by atoms with Gasteiger partial charge in [-0.2, -0.15) is 0 Å². The number of carbonyl (C=O) groups is 2. The van der Waals surface area contributed by atoms with Crippen molar-refractivity contribution in [2.75, 3.05) is 12.8 Å². The lowest BCUT2D eigenvalue weighted by Crippen LogP contribution is -2.37. The van der Waals surface area contributed by atoms with Gasteiger partial charge in [0.05, 0.1) is 0 Å². The van der Waals surface area contributed by atoms with Crippen LogP contribution in [0.15, 0.2) is 29.2 Å². The number of phenolic OH excluding ortho intramolecular Hbond substituents is 1. The van der Waals surface area contributed by atoms with E-state index >= 15 is 0 Å². The highest BCUT2D eigenvalue weighted by molar-refractivity contribution is 7.99. The first-order chi connectivity index (χ1) is 8.11. The lowest BCUT2D eigenvalue weighted by molar-refractivity contribution is -0.119. The highest BCUT2D eigenvalue weighted by Crippen LogP contribution is 2.21. The molecule has 3 N–H and O–H groups in total. The maximum atomic E-state index is 11.2. The maximum Gasteiger partial charge on any atom is 0.321 e. The van der Waals surface area contributed by atoms with E-state index in [1.165, 1.54) is 18.8 Å². The van der Waals surface area contributed by atoms with Gasteiger partial charge in [-0.3, -0.25) is 10.1 Å². The van der Waals surface area contributed by atoms with Crippen LogP contribution < -0.4 is 10.6 Å². The predicted molar refractivity (Wildman–Crippen MR) is 66.0 cm³/mol. The third-order valence-corrected chi connectivity index (χ3v) is 2.93. The van der Waals surface area contributed by atoms with E-state index in [0.29, 0.717) is 5.75 Å². The number of urea groups is 1. The molecule has 0 radical (unpaired) electrons. The fraction of sp³-hybridized carbons (Fsp3) is 0.273. The number of rotatable bonds is 4. The van der Waals surface area contributed by atoms with Crippen molar-refractivity contribution in [3.63, 3.8) is 0 Å². The van der Waals surface area contributed by atoms with Gasteiger partial charge < -0.3 is 10.4 Å². The Balaban J connectivity index is 2.26. The largest absolute Gasteiger partial charge is 0.508 e. The predicted octanol–water partition coefficient (Wildman–Crippen LogP) is 1.33. The van der Waals surface area contributed by atoms with E-state index in [1.54, 1.807) is 24.3 Å². The van der Waals surface area contributed by atoms with Crippen LogP contribution >= 0.6 is 11.8 Å². The molecule has 0 bridgehead atoms. The Labute approximate surface area is 104 Å². The van der Waals surface area contributed by atoms with Crippen LogP contribution in [0.2, 0.25) is 0 Å². The molecule has 0 aliphatic carbocycles. The Hall–Kier alpha value is -1.69. The normalized spacial score (nSPS) is 9.71. The molecule has 0 heterocycles. The number of nitrogens with one attached hydrogen (secondary N) is 2. The molecule has 1 aromatic carbocycles. The van der Waals surface area contributed by atoms with E-state index in [1.807, 2.05) is 0 Å². The molecule has 92 valence electrons. The first kappa shape index (κ1) is 13.4. The molecule has 0 aliphatic rings. The molecule has 17 heavy (non-hydrogen) atoms. The Bertz CT molecular complexity index is 392. The second-order valence-electron chi connectivity index (χ2n) is 3.22. The van der Waals surface area contributed by atoms with E-state index in [0.717, 1.165) is 4.90 Å². The molecule has 0 fully saturated rings. The number of thioether (sulfide) groups is 1. The van der Waals surface area contributed by atoms with E-state index in [9.17, 15) is 9.59 Å². The van der Waals surface area contributed by atoms with Crippen molar-refractivity contribution in [1.82, 2.24) is 10.6 Å². The lowest BCUT2D eigenvalue weighted by atomic mass is 10.3.